The maximum absolute atomic E-state index is 2.42. The van der Waals surface area contributed by atoms with Crippen LogP contribution in [0.15, 0.2) is 68.9 Å². The van der Waals surface area contributed by atoms with E-state index >= 15 is 0 Å². The molecule has 0 aromatic rings. The van der Waals surface area contributed by atoms with Crippen molar-refractivity contribution in [2.24, 2.45) is 11.8 Å². The second kappa shape index (κ2) is 5.26. The number of rotatable bonds is 2. The van der Waals surface area contributed by atoms with Gasteiger partial charge in [-0.15, -0.1) is 0 Å². The van der Waals surface area contributed by atoms with E-state index in [2.05, 4.69) is 72.8 Å². The first-order valence-electron chi connectivity index (χ1n) is 8.30. The molecule has 0 spiro atoms. The van der Waals surface area contributed by atoms with Crippen LogP contribution in [-0.2, 0) is 0 Å². The first-order chi connectivity index (χ1) is 10.3. The Bertz CT molecular complexity index is 713. The molecule has 2 atom stereocenters. The third-order valence-corrected chi connectivity index (χ3v) is 5.55. The zero-order valence-corrected chi connectivity index (χ0v) is 15.0. The van der Waals surface area contributed by atoms with E-state index in [-0.39, 0.29) is 0 Å². The Kier molecular flexibility index (Phi) is 3.67. The summed E-state index contributed by atoms with van der Waals surface area (Å²) in [6.07, 6.45) is 9.51. The Hall–Kier alpha value is -1.56. The Morgan fingerprint density at radius 3 is 1.55 bits per heavy atom. The minimum absolute atomic E-state index is 0.475. The summed E-state index contributed by atoms with van der Waals surface area (Å²) < 4.78 is 0. The predicted octanol–water partition coefficient (Wildman–Crippen LogP) is 6.27. The Balaban J connectivity index is 2.06. The van der Waals surface area contributed by atoms with Crippen LogP contribution >= 0.6 is 0 Å². The van der Waals surface area contributed by atoms with Crippen molar-refractivity contribution in [3.63, 3.8) is 0 Å². The van der Waals surface area contributed by atoms with Gasteiger partial charge in [-0.3, -0.25) is 0 Å². The van der Waals surface area contributed by atoms with Gasteiger partial charge in [-0.1, -0.05) is 57.7 Å². The fraction of sp³-hybridized carbons (Fsp3) is 0.409. The normalized spacial score (nSPS) is 29.2. The van der Waals surface area contributed by atoms with Gasteiger partial charge in [0.05, 0.1) is 0 Å². The van der Waals surface area contributed by atoms with Crippen LogP contribution in [0, 0.1) is 17.8 Å². The molecule has 3 aliphatic carbocycles. The Morgan fingerprint density at radius 1 is 0.591 bits per heavy atom. The largest absolute Gasteiger partial charge is 0.0732 e. The van der Waals surface area contributed by atoms with E-state index < -0.39 is 0 Å². The molecule has 0 heterocycles. The number of allylic oxidation sites excluding steroid dienone is 12. The fourth-order valence-corrected chi connectivity index (χ4v) is 4.45. The summed E-state index contributed by atoms with van der Waals surface area (Å²) in [5.74, 6) is 2.50. The van der Waals surface area contributed by atoms with Gasteiger partial charge >= 0.3 is 0 Å². The topological polar surface area (TPSA) is 0 Å². The minimum Gasteiger partial charge on any atom is -0.0732 e. The first-order valence-corrected chi connectivity index (χ1v) is 8.30. The van der Waals surface area contributed by atoms with Crippen molar-refractivity contribution in [3.8, 4) is 0 Å². The van der Waals surface area contributed by atoms with Gasteiger partial charge < -0.3 is 0 Å². The lowest BCUT2D eigenvalue weighted by atomic mass is 9.80. The van der Waals surface area contributed by atoms with Crippen LogP contribution in [0.25, 0.3) is 0 Å². The number of hydrogen-bond donors (Lipinski definition) is 0. The average Bonchev–Trinajstić information content (AvgIpc) is 2.98. The van der Waals surface area contributed by atoms with E-state index in [1.54, 1.807) is 11.5 Å². The van der Waals surface area contributed by atoms with Crippen molar-refractivity contribution in [3.05, 3.63) is 74.8 Å². The van der Waals surface area contributed by atoms with Crippen LogP contribution in [0.2, 0.25) is 0 Å². The Morgan fingerprint density at radius 2 is 1.09 bits per heavy atom. The number of hydrogen-bond acceptors (Lipinski definition) is 0. The van der Waals surface area contributed by atoms with Crippen LogP contribution in [0.4, 0.5) is 0 Å². The van der Waals surface area contributed by atoms with Crippen LogP contribution < -0.4 is 0 Å². The second-order valence-corrected chi connectivity index (χ2v) is 7.26. The molecule has 0 amide bonds. The highest BCUT2D eigenvalue weighted by molar-refractivity contribution is 5.65. The van der Waals surface area contributed by atoms with Crippen molar-refractivity contribution in [1.82, 2.24) is 0 Å². The molecule has 0 bridgehead atoms. The van der Waals surface area contributed by atoms with Gasteiger partial charge in [0, 0.05) is 17.8 Å². The van der Waals surface area contributed by atoms with Crippen LogP contribution in [0.1, 0.15) is 48.5 Å². The van der Waals surface area contributed by atoms with Crippen molar-refractivity contribution in [1.29, 1.82) is 0 Å². The summed E-state index contributed by atoms with van der Waals surface area (Å²) >= 11 is 0. The molecular weight excluding hydrogens is 264 g/mol. The third-order valence-electron chi connectivity index (χ3n) is 5.55. The monoisotopic (exact) mass is 291 g/mol. The zero-order valence-electron chi connectivity index (χ0n) is 15.0. The lowest BCUT2D eigenvalue weighted by molar-refractivity contribution is 0.811. The van der Waals surface area contributed by atoms with Gasteiger partial charge in [0.1, 0.15) is 0 Å². The molecule has 0 aromatic carbocycles. The van der Waals surface area contributed by atoms with Gasteiger partial charge in [0.15, 0.2) is 0 Å². The predicted molar refractivity (Wildman–Crippen MR) is 96.3 cm³/mol. The molecule has 0 nitrogen and oxygen atoms in total. The highest BCUT2D eigenvalue weighted by Crippen LogP contribution is 2.51. The van der Waals surface area contributed by atoms with Crippen molar-refractivity contribution >= 4 is 0 Å². The molecule has 0 N–H and O–H groups in total. The molecule has 0 fully saturated rings. The Labute approximate surface area is 135 Å². The minimum atomic E-state index is 0.475. The van der Waals surface area contributed by atoms with E-state index in [1.165, 1.54) is 39.0 Å². The summed E-state index contributed by atoms with van der Waals surface area (Å²) in [4.78, 5) is 0. The molecule has 2 unspecified atom stereocenters. The van der Waals surface area contributed by atoms with E-state index in [4.69, 9.17) is 0 Å². The standard InChI is InChI=1S/C22H27/c1-12-8-14(3)19(10-12)21-16(5)17(6)22(18(21)7)20-11-13(2)9-15(20)4/h8-11,19-20H,1-7H3. The van der Waals surface area contributed by atoms with E-state index in [1.807, 2.05) is 0 Å². The molecule has 0 saturated heterocycles. The summed E-state index contributed by atoms with van der Waals surface area (Å²) in [6, 6.07) is 0. The lowest BCUT2D eigenvalue weighted by Crippen LogP contribution is -2.12. The van der Waals surface area contributed by atoms with Gasteiger partial charge in [-0.05, 0) is 59.6 Å². The summed E-state index contributed by atoms with van der Waals surface area (Å²) in [5.41, 5.74) is 11.8. The van der Waals surface area contributed by atoms with E-state index in [0.29, 0.717) is 11.8 Å². The molecule has 0 aliphatic heterocycles. The van der Waals surface area contributed by atoms with Crippen LogP contribution in [0.5, 0.6) is 0 Å². The fourth-order valence-electron chi connectivity index (χ4n) is 4.45. The molecule has 3 aliphatic rings. The zero-order chi connectivity index (χ0) is 16.2. The molecule has 1 radical (unpaired) electrons. The van der Waals surface area contributed by atoms with Gasteiger partial charge in [-0.25, -0.2) is 0 Å². The summed E-state index contributed by atoms with van der Waals surface area (Å²) in [7, 11) is 0. The van der Waals surface area contributed by atoms with E-state index in [0.717, 1.165) is 0 Å². The van der Waals surface area contributed by atoms with Crippen molar-refractivity contribution in [2.45, 2.75) is 48.5 Å². The quantitative estimate of drug-likeness (QED) is 0.562. The average molecular weight is 291 g/mol. The lowest BCUT2D eigenvalue weighted by Gasteiger charge is -2.23. The molecule has 3 rings (SSSR count). The van der Waals surface area contributed by atoms with Crippen LogP contribution in [0.3, 0.4) is 0 Å². The smallest absolute Gasteiger partial charge is 0.0367 e. The first kappa shape index (κ1) is 15.3. The highest BCUT2D eigenvalue weighted by atomic mass is 14.4. The molecule has 115 valence electrons. The van der Waals surface area contributed by atoms with E-state index in [9.17, 15) is 0 Å². The SMILES string of the molecule is CC1=CC([C]2C(C)=C(C)C(C3C=C(C)C=C3C)=C2C)C(C)=C1. The van der Waals surface area contributed by atoms with Crippen LogP contribution in [-0.4, -0.2) is 0 Å². The maximum atomic E-state index is 2.42. The molecular formula is C22H27. The van der Waals surface area contributed by atoms with Gasteiger partial charge in [0.2, 0.25) is 0 Å². The molecule has 0 aromatic heterocycles. The van der Waals surface area contributed by atoms with Gasteiger partial charge in [-0.2, -0.15) is 0 Å². The van der Waals surface area contributed by atoms with Gasteiger partial charge in [0.25, 0.3) is 0 Å². The molecule has 0 heteroatoms. The highest BCUT2D eigenvalue weighted by Gasteiger charge is 2.37. The summed E-state index contributed by atoms with van der Waals surface area (Å²) in [6.45, 7) is 15.9. The summed E-state index contributed by atoms with van der Waals surface area (Å²) in [5, 5.41) is 0. The molecule has 0 saturated carbocycles. The van der Waals surface area contributed by atoms with Crippen molar-refractivity contribution in [2.75, 3.05) is 0 Å². The van der Waals surface area contributed by atoms with Crippen molar-refractivity contribution < 1.29 is 0 Å². The molecule has 22 heavy (non-hydrogen) atoms. The second-order valence-electron chi connectivity index (χ2n) is 7.26. The third kappa shape index (κ3) is 2.20. The maximum Gasteiger partial charge on any atom is 0.0367 e.